The highest BCUT2D eigenvalue weighted by Gasteiger charge is 2.23. The van der Waals surface area contributed by atoms with E-state index >= 15 is 0 Å². The lowest BCUT2D eigenvalue weighted by atomic mass is 10.1. The minimum atomic E-state index is -2.91. The van der Waals surface area contributed by atoms with Crippen LogP contribution >= 0.6 is 0 Å². The molecule has 3 nitrogen and oxygen atoms in total. The Hall–Kier alpha value is -0.0900. The Morgan fingerprint density at radius 2 is 1.85 bits per heavy atom. The standard InChI is InChI=1S/C9H21NO2S/c1-5-7-9(10-6-2)8(3)13(4,11)12/h8-10H,5-7H2,1-4H3. The van der Waals surface area contributed by atoms with Gasteiger partial charge in [-0.25, -0.2) is 8.42 Å². The molecule has 0 saturated heterocycles. The first kappa shape index (κ1) is 12.9. The van der Waals surface area contributed by atoms with Gasteiger partial charge >= 0.3 is 0 Å². The van der Waals surface area contributed by atoms with Crippen LogP contribution in [0.4, 0.5) is 0 Å². The van der Waals surface area contributed by atoms with Crippen LogP contribution in [-0.4, -0.2) is 32.5 Å². The first-order chi connectivity index (χ1) is 5.93. The Labute approximate surface area is 81.8 Å². The van der Waals surface area contributed by atoms with E-state index in [2.05, 4.69) is 12.2 Å². The molecule has 0 saturated carbocycles. The van der Waals surface area contributed by atoms with Gasteiger partial charge in [0.1, 0.15) is 0 Å². The van der Waals surface area contributed by atoms with E-state index in [1.165, 1.54) is 6.26 Å². The van der Waals surface area contributed by atoms with E-state index < -0.39 is 9.84 Å². The van der Waals surface area contributed by atoms with Crippen molar-refractivity contribution in [3.63, 3.8) is 0 Å². The van der Waals surface area contributed by atoms with Gasteiger partial charge in [-0.05, 0) is 19.9 Å². The topological polar surface area (TPSA) is 46.2 Å². The Balaban J connectivity index is 4.36. The molecule has 0 spiro atoms. The van der Waals surface area contributed by atoms with Crippen molar-refractivity contribution in [2.45, 2.75) is 44.9 Å². The predicted octanol–water partition coefficient (Wildman–Crippen LogP) is 1.20. The van der Waals surface area contributed by atoms with Gasteiger partial charge in [-0.1, -0.05) is 20.3 Å². The average molecular weight is 207 g/mol. The van der Waals surface area contributed by atoms with Gasteiger partial charge in [0.15, 0.2) is 9.84 Å². The molecule has 0 aliphatic heterocycles. The summed E-state index contributed by atoms with van der Waals surface area (Å²) in [7, 11) is -2.91. The Morgan fingerprint density at radius 3 is 2.15 bits per heavy atom. The predicted molar refractivity (Wildman–Crippen MR) is 56.7 cm³/mol. The highest BCUT2D eigenvalue weighted by atomic mass is 32.2. The fourth-order valence-corrected chi connectivity index (χ4v) is 2.20. The van der Waals surface area contributed by atoms with Crippen molar-refractivity contribution in [1.29, 1.82) is 0 Å². The Kier molecular flexibility index (Phi) is 5.56. The van der Waals surface area contributed by atoms with Gasteiger partial charge in [0, 0.05) is 12.3 Å². The van der Waals surface area contributed by atoms with Crippen LogP contribution in [0.2, 0.25) is 0 Å². The molecular formula is C9H21NO2S. The van der Waals surface area contributed by atoms with Crippen LogP contribution in [-0.2, 0) is 9.84 Å². The summed E-state index contributed by atoms with van der Waals surface area (Å²) in [5.74, 6) is 0. The Morgan fingerprint density at radius 1 is 1.31 bits per heavy atom. The van der Waals surface area contributed by atoms with Gasteiger partial charge in [-0.15, -0.1) is 0 Å². The second-order valence-electron chi connectivity index (χ2n) is 3.49. The smallest absolute Gasteiger partial charge is 0.151 e. The molecule has 0 aromatic carbocycles. The van der Waals surface area contributed by atoms with E-state index in [1.807, 2.05) is 6.92 Å². The lowest BCUT2D eigenvalue weighted by molar-refractivity contribution is 0.466. The summed E-state index contributed by atoms with van der Waals surface area (Å²) in [6.45, 7) is 6.67. The molecule has 0 heterocycles. The number of rotatable bonds is 6. The minimum Gasteiger partial charge on any atom is -0.313 e. The third-order valence-electron chi connectivity index (χ3n) is 2.31. The van der Waals surface area contributed by atoms with Crippen LogP contribution in [0.25, 0.3) is 0 Å². The van der Waals surface area contributed by atoms with Crippen molar-refractivity contribution >= 4 is 9.84 Å². The summed E-state index contributed by atoms with van der Waals surface area (Å²) in [6.07, 6.45) is 3.23. The lowest BCUT2D eigenvalue weighted by Gasteiger charge is -2.22. The molecule has 2 unspecified atom stereocenters. The SMILES string of the molecule is CCCC(NCC)C(C)S(C)(=O)=O. The van der Waals surface area contributed by atoms with E-state index in [-0.39, 0.29) is 11.3 Å². The number of hydrogen-bond donors (Lipinski definition) is 1. The molecule has 13 heavy (non-hydrogen) atoms. The molecule has 80 valence electrons. The van der Waals surface area contributed by atoms with Crippen molar-refractivity contribution < 1.29 is 8.42 Å². The van der Waals surface area contributed by atoms with Gasteiger partial charge in [-0.2, -0.15) is 0 Å². The van der Waals surface area contributed by atoms with Gasteiger partial charge < -0.3 is 5.32 Å². The first-order valence-corrected chi connectivity index (χ1v) is 6.81. The van der Waals surface area contributed by atoms with Crippen molar-refractivity contribution in [1.82, 2.24) is 5.32 Å². The van der Waals surface area contributed by atoms with Crippen molar-refractivity contribution in [2.24, 2.45) is 0 Å². The first-order valence-electron chi connectivity index (χ1n) is 4.85. The number of sulfone groups is 1. The summed E-state index contributed by atoms with van der Waals surface area (Å²) in [4.78, 5) is 0. The molecule has 0 fully saturated rings. The van der Waals surface area contributed by atoms with Crippen LogP contribution in [0.5, 0.6) is 0 Å². The maximum absolute atomic E-state index is 11.3. The van der Waals surface area contributed by atoms with E-state index in [9.17, 15) is 8.42 Å². The normalized spacial score (nSPS) is 16.9. The third kappa shape index (κ3) is 4.62. The van der Waals surface area contributed by atoms with E-state index in [0.29, 0.717) is 0 Å². The van der Waals surface area contributed by atoms with E-state index in [4.69, 9.17) is 0 Å². The summed E-state index contributed by atoms with van der Waals surface area (Å²) in [6, 6.07) is 0.102. The van der Waals surface area contributed by atoms with Gasteiger partial charge in [-0.3, -0.25) is 0 Å². The second-order valence-corrected chi connectivity index (χ2v) is 5.89. The van der Waals surface area contributed by atoms with Crippen molar-refractivity contribution in [3.8, 4) is 0 Å². The number of hydrogen-bond acceptors (Lipinski definition) is 3. The molecule has 0 rings (SSSR count). The summed E-state index contributed by atoms with van der Waals surface area (Å²) in [5.41, 5.74) is 0. The zero-order valence-electron chi connectivity index (χ0n) is 9.00. The zero-order chi connectivity index (χ0) is 10.5. The monoisotopic (exact) mass is 207 g/mol. The van der Waals surface area contributed by atoms with E-state index in [0.717, 1.165) is 19.4 Å². The van der Waals surface area contributed by atoms with Crippen LogP contribution < -0.4 is 5.32 Å². The molecule has 0 aromatic rings. The van der Waals surface area contributed by atoms with Gasteiger partial charge in [0.2, 0.25) is 0 Å². The van der Waals surface area contributed by atoms with E-state index in [1.54, 1.807) is 6.92 Å². The molecule has 0 amide bonds. The Bertz CT molecular complexity index is 218. The zero-order valence-corrected chi connectivity index (χ0v) is 9.82. The maximum Gasteiger partial charge on any atom is 0.151 e. The summed E-state index contributed by atoms with van der Waals surface area (Å²) >= 11 is 0. The van der Waals surface area contributed by atoms with Crippen LogP contribution in [0.3, 0.4) is 0 Å². The van der Waals surface area contributed by atoms with Crippen LogP contribution in [0.1, 0.15) is 33.6 Å². The largest absolute Gasteiger partial charge is 0.313 e. The highest BCUT2D eigenvalue weighted by molar-refractivity contribution is 7.91. The lowest BCUT2D eigenvalue weighted by Crippen LogP contribution is -2.42. The van der Waals surface area contributed by atoms with Crippen molar-refractivity contribution in [2.75, 3.05) is 12.8 Å². The molecule has 1 N–H and O–H groups in total. The molecular weight excluding hydrogens is 186 g/mol. The summed E-state index contributed by atoms with van der Waals surface area (Å²) < 4.78 is 22.6. The quantitative estimate of drug-likeness (QED) is 0.712. The number of nitrogens with one attached hydrogen (secondary N) is 1. The molecule has 0 bridgehead atoms. The molecule has 0 aliphatic rings. The van der Waals surface area contributed by atoms with Gasteiger partial charge in [0.25, 0.3) is 0 Å². The fraction of sp³-hybridized carbons (Fsp3) is 1.00. The fourth-order valence-electron chi connectivity index (χ4n) is 1.37. The van der Waals surface area contributed by atoms with Crippen LogP contribution in [0.15, 0.2) is 0 Å². The second kappa shape index (κ2) is 5.60. The molecule has 4 heteroatoms. The molecule has 0 radical (unpaired) electrons. The van der Waals surface area contributed by atoms with Crippen molar-refractivity contribution in [3.05, 3.63) is 0 Å². The maximum atomic E-state index is 11.3. The summed E-state index contributed by atoms with van der Waals surface area (Å²) in [5, 5.41) is 2.93. The molecule has 0 aromatic heterocycles. The molecule has 0 aliphatic carbocycles. The highest BCUT2D eigenvalue weighted by Crippen LogP contribution is 2.09. The van der Waals surface area contributed by atoms with Crippen LogP contribution in [0, 0.1) is 0 Å². The van der Waals surface area contributed by atoms with Gasteiger partial charge in [0.05, 0.1) is 5.25 Å². The average Bonchev–Trinajstić information content (AvgIpc) is 2.01. The molecule has 2 atom stereocenters. The minimum absolute atomic E-state index is 0.102. The third-order valence-corrected chi connectivity index (χ3v) is 3.99.